The summed E-state index contributed by atoms with van der Waals surface area (Å²) in [5.41, 5.74) is 1.09. The van der Waals surface area contributed by atoms with E-state index in [1.807, 2.05) is 6.07 Å². The quantitative estimate of drug-likeness (QED) is 0.426. The molecule has 7 heteroatoms. The first kappa shape index (κ1) is 24.2. The second kappa shape index (κ2) is 8.44. The molecule has 4 saturated carbocycles. The van der Waals surface area contributed by atoms with Crippen LogP contribution in [0.15, 0.2) is 27.6 Å². The van der Waals surface area contributed by atoms with E-state index >= 15 is 0 Å². The van der Waals surface area contributed by atoms with E-state index in [0.29, 0.717) is 29.8 Å². The molecule has 196 valence electrons. The molecule has 0 N–H and O–H groups in total. The summed E-state index contributed by atoms with van der Waals surface area (Å²) in [5, 5.41) is 0. The van der Waals surface area contributed by atoms with Gasteiger partial charge in [0.05, 0.1) is 32.3 Å². The first-order chi connectivity index (χ1) is 17.2. The summed E-state index contributed by atoms with van der Waals surface area (Å²) in [4.78, 5) is 35.2. The van der Waals surface area contributed by atoms with E-state index in [4.69, 9.17) is 13.9 Å². The molecule has 5 fully saturated rings. The zero-order chi connectivity index (χ0) is 25.3. The number of esters is 2. The van der Waals surface area contributed by atoms with Crippen molar-refractivity contribution < 1.29 is 28.2 Å². The number of carbonyl (C=O) groups is 2. The molecule has 6 rings (SSSR count). The molecule has 1 aromatic rings. The number of fused-ring (bicyclic) bond motifs is 3. The Labute approximate surface area is 212 Å². The van der Waals surface area contributed by atoms with Crippen LogP contribution >= 0.6 is 0 Å². The molecule has 2 heterocycles. The highest BCUT2D eigenvalue weighted by Crippen LogP contribution is 2.78. The van der Waals surface area contributed by atoms with Crippen LogP contribution in [-0.2, 0) is 23.8 Å². The number of rotatable bonds is 5. The molecule has 36 heavy (non-hydrogen) atoms. The predicted octanol–water partition coefficient (Wildman–Crippen LogP) is 4.76. The Hall–Kier alpha value is -2.15. The van der Waals surface area contributed by atoms with Crippen LogP contribution in [-0.4, -0.2) is 36.9 Å². The Morgan fingerprint density at radius 1 is 1.00 bits per heavy atom. The van der Waals surface area contributed by atoms with Crippen molar-refractivity contribution in [1.29, 1.82) is 0 Å². The summed E-state index contributed by atoms with van der Waals surface area (Å²) in [7, 11) is 1.33. The van der Waals surface area contributed by atoms with E-state index in [1.54, 1.807) is 12.3 Å². The molecular formula is C29H38O7. The number of ether oxygens (including phenoxy) is 3. The monoisotopic (exact) mass is 498 g/mol. The zero-order valence-corrected chi connectivity index (χ0v) is 21.6. The molecule has 0 amide bonds. The maximum Gasteiger partial charge on any atom is 0.335 e. The van der Waals surface area contributed by atoms with E-state index in [2.05, 4.69) is 18.6 Å². The maximum absolute atomic E-state index is 12.3. The summed E-state index contributed by atoms with van der Waals surface area (Å²) in [6.07, 6.45) is 10.6. The van der Waals surface area contributed by atoms with Crippen LogP contribution in [0.1, 0.15) is 89.5 Å². The molecule has 0 unspecified atom stereocenters. The van der Waals surface area contributed by atoms with Crippen molar-refractivity contribution >= 4 is 11.9 Å². The van der Waals surface area contributed by atoms with E-state index in [9.17, 15) is 14.4 Å². The highest BCUT2D eigenvalue weighted by Gasteiger charge is 2.80. The summed E-state index contributed by atoms with van der Waals surface area (Å²) < 4.78 is 22.3. The topological polar surface area (TPSA) is 95.3 Å². The SMILES string of the molecule is COC(=O)CCC(=O)O[C@H]1CC[C@@]2(C)[C@H](CC[C@@H]3[C@@H]2CC[C@]2(C)[C@@H](c4ccc(=O)oc4)C[C@H]4O[C@]342)C1. The third-order valence-corrected chi connectivity index (χ3v) is 11.2. The van der Waals surface area contributed by atoms with Gasteiger partial charge in [-0.2, -0.15) is 0 Å². The number of methoxy groups -OCH3 is 1. The van der Waals surface area contributed by atoms with Crippen molar-refractivity contribution in [2.24, 2.45) is 28.6 Å². The Morgan fingerprint density at radius 3 is 2.56 bits per heavy atom. The van der Waals surface area contributed by atoms with Crippen LogP contribution in [0.25, 0.3) is 0 Å². The lowest BCUT2D eigenvalue weighted by molar-refractivity contribution is -0.166. The van der Waals surface area contributed by atoms with E-state index < -0.39 is 0 Å². The van der Waals surface area contributed by atoms with Gasteiger partial charge in [0, 0.05) is 11.5 Å². The lowest BCUT2D eigenvalue weighted by Crippen LogP contribution is -2.58. The Balaban J connectivity index is 1.16. The molecule has 1 aromatic heterocycles. The normalized spacial score (nSPS) is 44.4. The number of hydrogen-bond donors (Lipinski definition) is 0. The number of epoxide rings is 1. The molecule has 5 aliphatic rings. The summed E-state index contributed by atoms with van der Waals surface area (Å²) in [6.45, 7) is 4.91. The summed E-state index contributed by atoms with van der Waals surface area (Å²) in [6, 6.07) is 3.51. The summed E-state index contributed by atoms with van der Waals surface area (Å²) >= 11 is 0. The fourth-order valence-corrected chi connectivity index (χ4v) is 9.38. The highest BCUT2D eigenvalue weighted by molar-refractivity contribution is 5.77. The second-order valence-electron chi connectivity index (χ2n) is 12.5. The van der Waals surface area contributed by atoms with Crippen LogP contribution in [0.5, 0.6) is 0 Å². The minimum Gasteiger partial charge on any atom is -0.469 e. The molecule has 1 aliphatic heterocycles. The largest absolute Gasteiger partial charge is 0.469 e. The first-order valence-electron chi connectivity index (χ1n) is 13.7. The van der Waals surface area contributed by atoms with Crippen molar-refractivity contribution in [2.75, 3.05) is 7.11 Å². The van der Waals surface area contributed by atoms with Gasteiger partial charge in [-0.05, 0) is 92.1 Å². The van der Waals surface area contributed by atoms with Gasteiger partial charge >= 0.3 is 17.6 Å². The standard InChI is InChI=1S/C29H38O7/c1-27-12-10-19(35-26(32)9-8-24(30)33-3)14-18(27)5-6-21-20(27)11-13-28(2)22(15-23-29(21,28)36-23)17-4-7-25(31)34-16-17/h4,7,16,18-23H,5-6,8-15H2,1-3H3/t18-,19+,20+,21-,22-,23-,27+,28-,29-/m1/s1. The van der Waals surface area contributed by atoms with Crippen LogP contribution in [0.4, 0.5) is 0 Å². The molecule has 0 bridgehead atoms. The molecule has 0 aromatic carbocycles. The van der Waals surface area contributed by atoms with Gasteiger partial charge in [-0.25, -0.2) is 4.79 Å². The van der Waals surface area contributed by atoms with Crippen molar-refractivity contribution in [1.82, 2.24) is 0 Å². The zero-order valence-electron chi connectivity index (χ0n) is 21.6. The van der Waals surface area contributed by atoms with Gasteiger partial charge in [0.15, 0.2) is 0 Å². The Bertz CT molecular complexity index is 1090. The van der Waals surface area contributed by atoms with Crippen LogP contribution in [0, 0.1) is 28.6 Å². The second-order valence-corrected chi connectivity index (χ2v) is 12.5. The van der Waals surface area contributed by atoms with Gasteiger partial charge < -0.3 is 18.6 Å². The molecule has 0 radical (unpaired) electrons. The lowest BCUT2D eigenvalue weighted by atomic mass is 9.44. The van der Waals surface area contributed by atoms with Crippen molar-refractivity contribution in [3.8, 4) is 0 Å². The molecule has 1 saturated heterocycles. The Morgan fingerprint density at radius 2 is 1.81 bits per heavy atom. The molecule has 4 aliphatic carbocycles. The molecule has 9 atom stereocenters. The van der Waals surface area contributed by atoms with E-state index in [0.717, 1.165) is 50.5 Å². The van der Waals surface area contributed by atoms with Crippen molar-refractivity contribution in [3.05, 3.63) is 34.4 Å². The van der Waals surface area contributed by atoms with E-state index in [-0.39, 0.29) is 52.9 Å². The smallest absolute Gasteiger partial charge is 0.335 e. The summed E-state index contributed by atoms with van der Waals surface area (Å²) in [5.74, 6) is 1.42. The fourth-order valence-electron chi connectivity index (χ4n) is 9.38. The van der Waals surface area contributed by atoms with Gasteiger partial charge in [0.25, 0.3) is 0 Å². The van der Waals surface area contributed by atoms with Gasteiger partial charge in [0.2, 0.25) is 0 Å². The predicted molar refractivity (Wildman–Crippen MR) is 130 cm³/mol. The first-order valence-corrected chi connectivity index (χ1v) is 13.7. The molecular weight excluding hydrogens is 460 g/mol. The minimum atomic E-state index is -0.378. The van der Waals surface area contributed by atoms with E-state index in [1.165, 1.54) is 13.5 Å². The highest BCUT2D eigenvalue weighted by atomic mass is 16.6. The van der Waals surface area contributed by atoms with Crippen molar-refractivity contribution in [3.63, 3.8) is 0 Å². The van der Waals surface area contributed by atoms with Crippen molar-refractivity contribution in [2.45, 2.75) is 102 Å². The van der Waals surface area contributed by atoms with Crippen LogP contribution < -0.4 is 5.63 Å². The van der Waals surface area contributed by atoms with Gasteiger partial charge in [-0.15, -0.1) is 0 Å². The Kier molecular flexibility index (Phi) is 5.67. The molecule has 7 nitrogen and oxygen atoms in total. The number of carbonyl (C=O) groups excluding carboxylic acids is 2. The van der Waals surface area contributed by atoms with Crippen LogP contribution in [0.3, 0.4) is 0 Å². The van der Waals surface area contributed by atoms with Gasteiger partial charge in [-0.1, -0.05) is 13.8 Å². The average Bonchev–Trinajstić information content (AvgIpc) is 3.53. The fraction of sp³-hybridized carbons (Fsp3) is 0.759. The number of hydrogen-bond acceptors (Lipinski definition) is 7. The average molecular weight is 499 g/mol. The molecule has 1 spiro atoms. The maximum atomic E-state index is 12.3. The third-order valence-electron chi connectivity index (χ3n) is 11.2. The van der Waals surface area contributed by atoms with Gasteiger partial charge in [0.1, 0.15) is 11.7 Å². The third kappa shape index (κ3) is 3.44. The van der Waals surface area contributed by atoms with Crippen LogP contribution in [0.2, 0.25) is 0 Å². The lowest BCUT2D eigenvalue weighted by Gasteiger charge is -2.61. The van der Waals surface area contributed by atoms with Gasteiger partial charge in [-0.3, -0.25) is 9.59 Å². The minimum absolute atomic E-state index is 0.0506.